The van der Waals surface area contributed by atoms with Crippen LogP contribution in [0, 0.1) is 49.4 Å². The Balaban J connectivity index is 1.25. The Kier molecular flexibility index (Phi) is 3.58. The number of amides is 2. The zero-order chi connectivity index (χ0) is 18.9. The van der Waals surface area contributed by atoms with E-state index in [0.717, 1.165) is 17.5 Å². The number of nitrogens with zero attached hydrogens (tertiary/aromatic N) is 1. The van der Waals surface area contributed by atoms with Gasteiger partial charge in [-0.3, -0.25) is 19.3 Å². The van der Waals surface area contributed by atoms with Crippen molar-refractivity contribution in [1.29, 1.82) is 0 Å². The number of imide groups is 1. The summed E-state index contributed by atoms with van der Waals surface area (Å²) < 4.78 is 5.40. The number of ether oxygens (including phenoxy) is 1. The van der Waals surface area contributed by atoms with E-state index in [4.69, 9.17) is 4.74 Å². The lowest BCUT2D eigenvalue weighted by molar-refractivity contribution is -0.141. The van der Waals surface area contributed by atoms with Crippen LogP contribution in [0.25, 0.3) is 0 Å². The van der Waals surface area contributed by atoms with Gasteiger partial charge in [0.2, 0.25) is 11.8 Å². The molecule has 6 atom stereocenters. The van der Waals surface area contributed by atoms with Crippen LogP contribution in [-0.2, 0) is 14.4 Å². The molecule has 5 heteroatoms. The maximum absolute atomic E-state index is 12.9. The van der Waals surface area contributed by atoms with Gasteiger partial charge in [-0.25, -0.2) is 0 Å². The molecule has 0 unspecified atom stereocenters. The summed E-state index contributed by atoms with van der Waals surface area (Å²) >= 11 is 0. The Morgan fingerprint density at radius 3 is 2.11 bits per heavy atom. The van der Waals surface area contributed by atoms with Crippen molar-refractivity contribution in [2.24, 2.45) is 35.5 Å². The molecule has 5 nitrogen and oxygen atoms in total. The van der Waals surface area contributed by atoms with Crippen LogP contribution in [0.3, 0.4) is 0 Å². The van der Waals surface area contributed by atoms with Crippen molar-refractivity contribution in [3.63, 3.8) is 0 Å². The third-order valence-corrected chi connectivity index (χ3v) is 6.72. The number of rotatable bonds is 4. The maximum atomic E-state index is 12.9. The molecule has 1 aromatic carbocycles. The quantitative estimate of drug-likeness (QED) is 0.356. The van der Waals surface area contributed by atoms with Gasteiger partial charge in [-0.05, 0) is 67.2 Å². The standard InChI is InChI=1S/C22H23NO4/c1-11-7-12(2)9-13(8-11)27-18(24)5-6-23-21(25)19-14-3-4-15(17-10-16(14)17)20(19)22(23)26/h3-4,7-9,14-17,19-20H,5-6,10H2,1-2H3/t14-,15-,16-,17-,19+,20+/m0/s1. The minimum atomic E-state index is -0.417. The second-order valence-electron chi connectivity index (χ2n) is 8.53. The molecular formula is C22H23NO4. The van der Waals surface area contributed by atoms with Crippen molar-refractivity contribution in [3.8, 4) is 5.75 Å². The average Bonchev–Trinajstić information content (AvgIpc) is 3.38. The molecule has 6 rings (SSSR count). The molecule has 1 heterocycles. The highest BCUT2D eigenvalue weighted by atomic mass is 16.5. The summed E-state index contributed by atoms with van der Waals surface area (Å²) in [6, 6.07) is 5.62. The van der Waals surface area contributed by atoms with Gasteiger partial charge in [-0.15, -0.1) is 0 Å². The van der Waals surface area contributed by atoms with Crippen LogP contribution in [0.4, 0.5) is 0 Å². The van der Waals surface area contributed by atoms with E-state index in [1.807, 2.05) is 19.9 Å². The Labute approximate surface area is 158 Å². The number of aryl methyl sites for hydroxylation is 2. The van der Waals surface area contributed by atoms with Crippen molar-refractivity contribution in [3.05, 3.63) is 41.5 Å². The minimum absolute atomic E-state index is 0.0273. The van der Waals surface area contributed by atoms with E-state index in [0.29, 0.717) is 17.6 Å². The van der Waals surface area contributed by atoms with E-state index in [2.05, 4.69) is 12.2 Å². The number of hydrogen-bond acceptors (Lipinski definition) is 4. The van der Waals surface area contributed by atoms with Crippen molar-refractivity contribution in [1.82, 2.24) is 4.90 Å². The van der Waals surface area contributed by atoms with E-state index >= 15 is 0 Å². The molecule has 4 aliphatic carbocycles. The van der Waals surface area contributed by atoms with Crippen LogP contribution in [0.1, 0.15) is 24.0 Å². The largest absolute Gasteiger partial charge is 0.426 e. The molecule has 5 aliphatic rings. The predicted octanol–water partition coefficient (Wildman–Crippen LogP) is 2.65. The molecule has 0 aromatic heterocycles. The van der Waals surface area contributed by atoms with Gasteiger partial charge < -0.3 is 4.74 Å². The third kappa shape index (κ3) is 2.55. The highest BCUT2D eigenvalue weighted by Gasteiger charge is 2.66. The first kappa shape index (κ1) is 16.7. The number of carbonyl (C=O) groups excluding carboxylic acids is 3. The van der Waals surface area contributed by atoms with E-state index in [1.54, 1.807) is 12.1 Å². The molecule has 3 fully saturated rings. The summed E-state index contributed by atoms with van der Waals surface area (Å²) in [6.45, 7) is 4.00. The van der Waals surface area contributed by atoms with E-state index in [9.17, 15) is 14.4 Å². The Hall–Kier alpha value is -2.43. The molecule has 2 bridgehead atoms. The average molecular weight is 365 g/mol. The first-order chi connectivity index (χ1) is 12.9. The molecular weight excluding hydrogens is 342 g/mol. The minimum Gasteiger partial charge on any atom is -0.426 e. The monoisotopic (exact) mass is 365 g/mol. The molecule has 0 spiro atoms. The van der Waals surface area contributed by atoms with Crippen LogP contribution >= 0.6 is 0 Å². The smallest absolute Gasteiger partial charge is 0.312 e. The van der Waals surface area contributed by atoms with Crippen molar-refractivity contribution in [2.45, 2.75) is 26.7 Å². The summed E-state index contributed by atoms with van der Waals surface area (Å²) in [4.78, 5) is 39.3. The Morgan fingerprint density at radius 1 is 1.00 bits per heavy atom. The van der Waals surface area contributed by atoms with Gasteiger partial charge in [0, 0.05) is 6.54 Å². The van der Waals surface area contributed by atoms with Gasteiger partial charge in [-0.1, -0.05) is 18.2 Å². The number of esters is 1. The van der Waals surface area contributed by atoms with Gasteiger partial charge in [0.15, 0.2) is 0 Å². The summed E-state index contributed by atoms with van der Waals surface area (Å²) in [5.41, 5.74) is 2.04. The number of hydrogen-bond donors (Lipinski definition) is 0. The number of allylic oxidation sites excluding steroid dienone is 2. The SMILES string of the molecule is Cc1cc(C)cc(OC(=O)CCN2C(=O)[C@@H]3[C@H]4C=C[C@@H]([C@@H]5C[C@@H]45)[C@H]3C2=O)c1. The molecule has 27 heavy (non-hydrogen) atoms. The van der Waals surface area contributed by atoms with Gasteiger partial charge in [0.1, 0.15) is 5.75 Å². The zero-order valence-electron chi connectivity index (χ0n) is 15.6. The fourth-order valence-electron chi connectivity index (χ4n) is 5.62. The zero-order valence-corrected chi connectivity index (χ0v) is 15.6. The highest BCUT2D eigenvalue weighted by Crippen LogP contribution is 2.65. The summed E-state index contributed by atoms with van der Waals surface area (Å²) in [6.07, 6.45) is 5.49. The molecule has 1 aromatic rings. The normalized spacial score (nSPS) is 35.3. The Morgan fingerprint density at radius 2 is 1.56 bits per heavy atom. The van der Waals surface area contributed by atoms with Gasteiger partial charge in [-0.2, -0.15) is 0 Å². The molecule has 0 N–H and O–H groups in total. The number of benzene rings is 1. The third-order valence-electron chi connectivity index (χ3n) is 6.72. The molecule has 1 aliphatic heterocycles. The van der Waals surface area contributed by atoms with Crippen molar-refractivity contribution in [2.75, 3.05) is 6.54 Å². The van der Waals surface area contributed by atoms with Gasteiger partial charge in [0.05, 0.1) is 18.3 Å². The second-order valence-corrected chi connectivity index (χ2v) is 8.53. The Bertz CT molecular complexity index is 832. The number of carbonyl (C=O) groups is 3. The fourth-order valence-corrected chi connectivity index (χ4v) is 5.62. The maximum Gasteiger partial charge on any atom is 0.312 e. The summed E-state index contributed by atoms with van der Waals surface area (Å²) in [5, 5.41) is 0. The lowest BCUT2D eigenvalue weighted by Crippen LogP contribution is -2.40. The van der Waals surface area contributed by atoms with E-state index in [1.165, 1.54) is 4.90 Å². The molecule has 2 amide bonds. The summed E-state index contributed by atoms with van der Waals surface area (Å²) in [5.74, 6) is 1.12. The molecule has 140 valence electrons. The van der Waals surface area contributed by atoms with E-state index in [-0.39, 0.29) is 48.5 Å². The predicted molar refractivity (Wildman–Crippen MR) is 97.6 cm³/mol. The molecule has 0 radical (unpaired) electrons. The number of likely N-dealkylation sites (tertiary alicyclic amines) is 1. The molecule has 1 saturated heterocycles. The van der Waals surface area contributed by atoms with Gasteiger partial charge >= 0.3 is 5.97 Å². The summed E-state index contributed by atoms with van der Waals surface area (Å²) in [7, 11) is 0. The van der Waals surface area contributed by atoms with Crippen LogP contribution < -0.4 is 4.74 Å². The van der Waals surface area contributed by atoms with E-state index < -0.39 is 5.97 Å². The van der Waals surface area contributed by atoms with Crippen LogP contribution in [0.5, 0.6) is 5.75 Å². The molecule has 2 saturated carbocycles. The first-order valence-electron chi connectivity index (χ1n) is 9.76. The highest BCUT2D eigenvalue weighted by molar-refractivity contribution is 6.06. The van der Waals surface area contributed by atoms with Crippen molar-refractivity contribution >= 4 is 17.8 Å². The first-order valence-corrected chi connectivity index (χ1v) is 9.76. The van der Waals surface area contributed by atoms with Crippen LogP contribution in [-0.4, -0.2) is 29.2 Å². The van der Waals surface area contributed by atoms with Crippen molar-refractivity contribution < 1.29 is 19.1 Å². The lowest BCUT2D eigenvalue weighted by Gasteiger charge is -2.37. The van der Waals surface area contributed by atoms with Gasteiger partial charge in [0.25, 0.3) is 0 Å². The second kappa shape index (κ2) is 5.78. The lowest BCUT2D eigenvalue weighted by atomic mass is 9.63. The van der Waals surface area contributed by atoms with Crippen LogP contribution in [0.15, 0.2) is 30.4 Å². The fraction of sp³-hybridized carbons (Fsp3) is 0.500. The topological polar surface area (TPSA) is 63.7 Å². The van der Waals surface area contributed by atoms with Crippen LogP contribution in [0.2, 0.25) is 0 Å².